The molecule has 316 valence electrons. The third-order valence-corrected chi connectivity index (χ3v) is 15.1. The second-order valence-corrected chi connectivity index (χ2v) is 18.3. The first-order valence-corrected chi connectivity index (χ1v) is 22.3. The molecule has 5 unspecified atom stereocenters. The molecule has 6 aliphatic rings. The van der Waals surface area contributed by atoms with Gasteiger partial charge in [-0.3, -0.25) is 24.2 Å². The number of carboxylic acid groups (broad SMARTS) is 2. The Balaban J connectivity index is 0.913. The van der Waals surface area contributed by atoms with Gasteiger partial charge in [-0.05, 0) is 48.8 Å². The fourth-order valence-corrected chi connectivity index (χ4v) is 12.1. The molecule has 2 fully saturated rings. The van der Waals surface area contributed by atoms with Gasteiger partial charge < -0.3 is 39.8 Å². The van der Waals surface area contributed by atoms with Crippen molar-refractivity contribution in [1.82, 2.24) is 20.4 Å². The Labute approximate surface area is 364 Å². The number of carbonyl (C=O) groups excluding carboxylic acids is 4. The molecule has 0 bridgehead atoms. The molecule has 4 aromatic rings. The fraction of sp³-hybridized carbons (Fsp3) is 0.256. The molecule has 2 saturated heterocycles. The highest BCUT2D eigenvalue weighted by molar-refractivity contribution is 8.00. The summed E-state index contributed by atoms with van der Waals surface area (Å²) in [4.78, 5) is 80.4. The molecule has 4 N–H and O–H groups in total. The van der Waals surface area contributed by atoms with Crippen molar-refractivity contribution in [2.24, 2.45) is 0 Å². The molecular weight excluding hydrogens is 861 g/mol. The molecule has 10 rings (SSSR count). The summed E-state index contributed by atoms with van der Waals surface area (Å²) in [6, 6.07) is 19.4. The van der Waals surface area contributed by atoms with E-state index in [1.165, 1.54) is 44.7 Å². The number of β-lactam (4-membered cyclic amide) rings is 2. The number of carboxylic acids is 2. The van der Waals surface area contributed by atoms with Crippen LogP contribution in [0.5, 0.6) is 23.0 Å². The van der Waals surface area contributed by atoms with Crippen LogP contribution in [0, 0.1) is 0 Å². The Morgan fingerprint density at radius 2 is 1.35 bits per heavy atom. The predicted octanol–water partition coefficient (Wildman–Crippen LogP) is 3.90. The molecule has 1 aromatic heterocycles. The van der Waals surface area contributed by atoms with Crippen LogP contribution in [-0.4, -0.2) is 110 Å². The van der Waals surface area contributed by atoms with Crippen LogP contribution in [0.3, 0.4) is 0 Å². The van der Waals surface area contributed by atoms with E-state index in [0.29, 0.717) is 50.7 Å². The molecule has 5 atom stereocenters. The van der Waals surface area contributed by atoms with Crippen molar-refractivity contribution in [1.29, 1.82) is 0 Å². The van der Waals surface area contributed by atoms with E-state index in [4.69, 9.17) is 18.9 Å². The summed E-state index contributed by atoms with van der Waals surface area (Å²) in [5.41, 5.74) is 1.08. The number of fused-ring (bicyclic) bond motifs is 8. The number of hydrogen-bond acceptors (Lipinski definition) is 14. The molecule has 0 radical (unpaired) electrons. The minimum Gasteiger partial charge on any atom is -0.489 e. The summed E-state index contributed by atoms with van der Waals surface area (Å²) in [5.74, 6) is -2.45. The van der Waals surface area contributed by atoms with Crippen molar-refractivity contribution in [3.05, 3.63) is 128 Å². The van der Waals surface area contributed by atoms with Gasteiger partial charge in [0, 0.05) is 56.4 Å². The normalized spacial score (nSPS) is 24.1. The number of ether oxygens (including phenoxy) is 4. The van der Waals surface area contributed by atoms with Crippen LogP contribution in [0.15, 0.2) is 101 Å². The van der Waals surface area contributed by atoms with Crippen molar-refractivity contribution in [3.8, 4) is 23.0 Å². The topological polar surface area (TPSA) is 210 Å². The lowest BCUT2D eigenvalue weighted by Gasteiger charge is -2.49. The van der Waals surface area contributed by atoms with Gasteiger partial charge >= 0.3 is 17.9 Å². The number of thioether (sulfide) groups is 2. The number of hydrogen-bond donors (Lipinski definition) is 4. The minimum atomic E-state index is -1.43. The molecule has 19 heteroatoms. The van der Waals surface area contributed by atoms with E-state index in [9.17, 15) is 39.0 Å². The zero-order valence-electron chi connectivity index (χ0n) is 32.4. The fourth-order valence-electron chi connectivity index (χ4n) is 8.67. The van der Waals surface area contributed by atoms with Crippen molar-refractivity contribution in [3.63, 3.8) is 0 Å². The van der Waals surface area contributed by atoms with E-state index in [1.54, 1.807) is 61.6 Å². The molecule has 3 amide bonds. The first-order chi connectivity index (χ1) is 30.0. The predicted molar refractivity (Wildman–Crippen MR) is 224 cm³/mol. The van der Waals surface area contributed by atoms with Crippen molar-refractivity contribution in [2.75, 3.05) is 31.8 Å². The lowest BCUT2D eigenvalue weighted by molar-refractivity contribution is -0.150. The summed E-state index contributed by atoms with van der Waals surface area (Å²) in [6.45, 7) is -0.296. The monoisotopic (exact) mass is 894 g/mol. The highest BCUT2D eigenvalue weighted by Crippen LogP contribution is 2.57. The first-order valence-electron chi connectivity index (χ1n) is 19.3. The van der Waals surface area contributed by atoms with Crippen LogP contribution in [0.4, 0.5) is 0 Å². The van der Waals surface area contributed by atoms with Crippen molar-refractivity contribution < 1.29 is 57.9 Å². The maximum absolute atomic E-state index is 13.4. The van der Waals surface area contributed by atoms with Crippen LogP contribution in [0.1, 0.15) is 31.9 Å². The average Bonchev–Trinajstić information content (AvgIpc) is 3.89. The number of amides is 3. The lowest BCUT2D eigenvalue weighted by atomic mass is 9.77. The van der Waals surface area contributed by atoms with Crippen LogP contribution in [0.25, 0.3) is 0 Å². The quantitative estimate of drug-likeness (QED) is 0.117. The molecular formula is C43H34N4O12S3. The minimum absolute atomic E-state index is 0.0955. The van der Waals surface area contributed by atoms with E-state index in [-0.39, 0.29) is 65.5 Å². The maximum Gasteiger partial charge on any atom is 0.352 e. The van der Waals surface area contributed by atoms with E-state index in [1.807, 2.05) is 23.6 Å². The molecule has 0 aliphatic carbocycles. The third kappa shape index (κ3) is 6.24. The first kappa shape index (κ1) is 39.8. The summed E-state index contributed by atoms with van der Waals surface area (Å²) in [5, 5.41) is 27.0. The van der Waals surface area contributed by atoms with Gasteiger partial charge in [0.25, 0.3) is 5.91 Å². The van der Waals surface area contributed by atoms with Gasteiger partial charge in [0.05, 0.1) is 12.0 Å². The number of likely N-dealkylation sites (N-methyl/N-ethyl adjacent to an activating group) is 1. The standard InChI is InChI=1S/C43H34N4O12S3/c1-44-32-36(49)46-34(40(51)52)20(18-61-38(32)46)16-56-22-8-10-27-29(13-22)58-30-14-23(9-11-28(30)43(27)26-7-3-2-6-25(26)42(55)59-43)57-17-21-19-62-39-33(37(50)47(39)35(21)41(53)54)45-31(48)15-24-5-4-12-60-24/h2-14,32-33,38-39,44H,15-19H2,1H3,(H,45,48)(H,51,52)(H,53,54). The number of nitrogens with zero attached hydrogens (tertiary/aromatic N) is 2. The smallest absolute Gasteiger partial charge is 0.352 e. The van der Waals surface area contributed by atoms with Gasteiger partial charge in [0.15, 0.2) is 5.60 Å². The average molecular weight is 895 g/mol. The number of carbonyl (C=O) groups is 6. The van der Waals surface area contributed by atoms with Crippen LogP contribution in [0.2, 0.25) is 0 Å². The van der Waals surface area contributed by atoms with E-state index >= 15 is 0 Å². The van der Waals surface area contributed by atoms with Crippen LogP contribution < -0.4 is 24.8 Å². The molecule has 6 aliphatic heterocycles. The second-order valence-electron chi connectivity index (χ2n) is 15.0. The summed E-state index contributed by atoms with van der Waals surface area (Å²) < 4.78 is 25.1. The highest BCUT2D eigenvalue weighted by atomic mass is 32.2. The number of esters is 1. The van der Waals surface area contributed by atoms with Gasteiger partial charge in [0.2, 0.25) is 11.8 Å². The molecule has 7 heterocycles. The molecule has 1 spiro atoms. The van der Waals surface area contributed by atoms with Crippen LogP contribution in [-0.2, 0) is 40.7 Å². The van der Waals surface area contributed by atoms with E-state index in [2.05, 4.69) is 10.6 Å². The number of benzene rings is 3. The summed E-state index contributed by atoms with van der Waals surface area (Å²) in [6.07, 6.45) is 0.120. The molecule has 3 aromatic carbocycles. The Hall–Kier alpha value is -6.28. The van der Waals surface area contributed by atoms with Gasteiger partial charge in [0.1, 0.15) is 70.4 Å². The Kier molecular flexibility index (Phi) is 9.80. The third-order valence-electron chi connectivity index (χ3n) is 11.5. The largest absolute Gasteiger partial charge is 0.489 e. The van der Waals surface area contributed by atoms with Gasteiger partial charge in [-0.15, -0.1) is 34.9 Å². The van der Waals surface area contributed by atoms with Gasteiger partial charge in [-0.2, -0.15) is 0 Å². The van der Waals surface area contributed by atoms with Gasteiger partial charge in [-0.1, -0.05) is 24.3 Å². The SMILES string of the molecule is CNC1C(=O)N2C(C(=O)O)=C(COc3ccc4c(c3)Oc3cc(OCC5=C(C(=O)O)N6C(=O)C(NC(=O)Cc7cccs7)C6SC5)ccc3C43OC(=O)c4ccccc43)CSC12. The molecule has 62 heavy (non-hydrogen) atoms. The number of aliphatic carboxylic acids is 2. The van der Waals surface area contributed by atoms with E-state index < -0.39 is 46.9 Å². The van der Waals surface area contributed by atoms with E-state index in [0.717, 1.165) is 4.88 Å². The molecule has 0 saturated carbocycles. The summed E-state index contributed by atoms with van der Waals surface area (Å²) in [7, 11) is 1.66. The number of rotatable bonds is 12. The maximum atomic E-state index is 13.4. The second kappa shape index (κ2) is 15.3. The van der Waals surface area contributed by atoms with Crippen molar-refractivity contribution in [2.45, 2.75) is 34.9 Å². The molecule has 16 nitrogen and oxygen atoms in total. The Morgan fingerprint density at radius 1 is 0.774 bits per heavy atom. The Bertz CT molecular complexity index is 2700. The lowest BCUT2D eigenvalue weighted by Crippen LogP contribution is -2.70. The number of nitrogens with one attached hydrogen (secondary N) is 2. The Morgan fingerprint density at radius 3 is 1.92 bits per heavy atom. The van der Waals surface area contributed by atoms with Crippen LogP contribution >= 0.6 is 34.9 Å². The highest BCUT2D eigenvalue weighted by Gasteiger charge is 2.56. The summed E-state index contributed by atoms with van der Waals surface area (Å²) >= 11 is 4.21. The van der Waals surface area contributed by atoms with Gasteiger partial charge in [-0.25, -0.2) is 14.4 Å². The number of thiophene rings is 1. The van der Waals surface area contributed by atoms with Crippen molar-refractivity contribution >= 4 is 70.5 Å². The zero-order chi connectivity index (χ0) is 43.0. The zero-order valence-corrected chi connectivity index (χ0v) is 34.9.